The van der Waals surface area contributed by atoms with Crippen LogP contribution < -0.4 is 5.73 Å². The summed E-state index contributed by atoms with van der Waals surface area (Å²) in [5.41, 5.74) is 9.59. The van der Waals surface area contributed by atoms with Crippen molar-refractivity contribution >= 4 is 5.82 Å². The number of hydrogen-bond acceptors (Lipinski definition) is 2. The molecule has 1 aromatic carbocycles. The number of nitrogens with two attached hydrogens (primary N) is 1. The van der Waals surface area contributed by atoms with Crippen molar-refractivity contribution in [2.75, 3.05) is 5.73 Å². The molecule has 2 N–H and O–H groups in total. The smallest absolute Gasteiger partial charge is 0.131 e. The van der Waals surface area contributed by atoms with Crippen LogP contribution in [0.5, 0.6) is 0 Å². The quantitative estimate of drug-likeness (QED) is 0.795. The van der Waals surface area contributed by atoms with Gasteiger partial charge in [0.05, 0.1) is 0 Å². The highest BCUT2D eigenvalue weighted by molar-refractivity contribution is 5.74. The first kappa shape index (κ1) is 10.6. The maximum absolute atomic E-state index is 12.8. The van der Waals surface area contributed by atoms with Crippen molar-refractivity contribution in [1.29, 1.82) is 0 Å². The summed E-state index contributed by atoms with van der Waals surface area (Å²) in [5.74, 6) is 0.230. The van der Waals surface area contributed by atoms with E-state index in [4.69, 9.17) is 5.73 Å². The van der Waals surface area contributed by atoms with Gasteiger partial charge in [-0.2, -0.15) is 0 Å². The van der Waals surface area contributed by atoms with E-state index in [-0.39, 0.29) is 5.82 Å². The molecule has 0 fully saturated rings. The second-order valence-corrected chi connectivity index (χ2v) is 3.83. The Morgan fingerprint density at radius 3 is 2.38 bits per heavy atom. The van der Waals surface area contributed by atoms with Gasteiger partial charge in [-0.25, -0.2) is 9.37 Å². The van der Waals surface area contributed by atoms with Gasteiger partial charge in [0, 0.05) is 11.3 Å². The summed E-state index contributed by atoms with van der Waals surface area (Å²) in [7, 11) is 0. The fourth-order valence-corrected chi connectivity index (χ4v) is 1.58. The maximum Gasteiger partial charge on any atom is 0.131 e. The van der Waals surface area contributed by atoms with Crippen LogP contribution in [0.25, 0.3) is 11.1 Å². The predicted octanol–water partition coefficient (Wildman–Crippen LogP) is 3.09. The molecule has 0 saturated heterocycles. The monoisotopic (exact) mass is 216 g/mol. The van der Waals surface area contributed by atoms with Crippen molar-refractivity contribution in [3.05, 3.63) is 47.4 Å². The molecule has 3 heteroatoms. The van der Waals surface area contributed by atoms with E-state index in [1.165, 1.54) is 12.1 Å². The van der Waals surface area contributed by atoms with Gasteiger partial charge >= 0.3 is 0 Å². The Kier molecular flexibility index (Phi) is 2.60. The van der Waals surface area contributed by atoms with Crippen molar-refractivity contribution in [1.82, 2.24) is 4.98 Å². The SMILES string of the molecule is Cc1cc(-c2ccc(F)cc2)c(N)nc1C. The van der Waals surface area contributed by atoms with Crippen LogP contribution in [0.15, 0.2) is 30.3 Å². The van der Waals surface area contributed by atoms with Gasteiger partial charge in [0.25, 0.3) is 0 Å². The van der Waals surface area contributed by atoms with E-state index in [0.717, 1.165) is 22.4 Å². The average molecular weight is 216 g/mol. The second kappa shape index (κ2) is 3.93. The molecular weight excluding hydrogens is 203 g/mol. The zero-order valence-electron chi connectivity index (χ0n) is 9.29. The van der Waals surface area contributed by atoms with Crippen molar-refractivity contribution in [2.24, 2.45) is 0 Å². The molecule has 0 saturated carbocycles. The molecule has 0 spiro atoms. The molecule has 0 atom stereocenters. The average Bonchev–Trinajstić information content (AvgIpc) is 2.25. The zero-order valence-corrected chi connectivity index (χ0v) is 9.29. The Labute approximate surface area is 93.9 Å². The fraction of sp³-hybridized carbons (Fsp3) is 0.154. The number of rotatable bonds is 1. The normalized spacial score (nSPS) is 10.4. The highest BCUT2D eigenvalue weighted by atomic mass is 19.1. The van der Waals surface area contributed by atoms with Crippen LogP contribution in [0.3, 0.4) is 0 Å². The van der Waals surface area contributed by atoms with Gasteiger partial charge in [-0.1, -0.05) is 12.1 Å². The Morgan fingerprint density at radius 1 is 1.12 bits per heavy atom. The molecule has 0 bridgehead atoms. The number of halogens is 1. The molecule has 2 nitrogen and oxygen atoms in total. The molecule has 2 rings (SSSR count). The molecule has 0 radical (unpaired) electrons. The van der Waals surface area contributed by atoms with E-state index in [2.05, 4.69) is 4.98 Å². The molecule has 2 aromatic rings. The molecule has 0 aliphatic carbocycles. The van der Waals surface area contributed by atoms with Gasteiger partial charge in [-0.3, -0.25) is 0 Å². The summed E-state index contributed by atoms with van der Waals surface area (Å²) < 4.78 is 12.8. The molecule has 1 heterocycles. The van der Waals surface area contributed by atoms with Crippen LogP contribution in [-0.2, 0) is 0 Å². The third kappa shape index (κ3) is 1.89. The lowest BCUT2D eigenvalue weighted by Gasteiger charge is -2.08. The van der Waals surface area contributed by atoms with Crippen molar-refractivity contribution in [3.63, 3.8) is 0 Å². The van der Waals surface area contributed by atoms with Crippen molar-refractivity contribution in [2.45, 2.75) is 13.8 Å². The number of aromatic nitrogens is 1. The Balaban J connectivity index is 2.56. The minimum absolute atomic E-state index is 0.251. The van der Waals surface area contributed by atoms with Gasteiger partial charge in [-0.05, 0) is 43.2 Å². The van der Waals surface area contributed by atoms with E-state index in [0.29, 0.717) is 5.82 Å². The molecular formula is C13H13FN2. The topological polar surface area (TPSA) is 38.9 Å². The highest BCUT2D eigenvalue weighted by Crippen LogP contribution is 2.26. The van der Waals surface area contributed by atoms with Crippen LogP contribution in [0, 0.1) is 19.7 Å². The van der Waals surface area contributed by atoms with Crippen LogP contribution in [-0.4, -0.2) is 4.98 Å². The fourth-order valence-electron chi connectivity index (χ4n) is 1.58. The van der Waals surface area contributed by atoms with Gasteiger partial charge in [0.1, 0.15) is 11.6 Å². The van der Waals surface area contributed by atoms with Crippen molar-refractivity contribution < 1.29 is 4.39 Å². The molecule has 0 aliphatic heterocycles. The number of hydrogen-bond donors (Lipinski definition) is 1. The van der Waals surface area contributed by atoms with Crippen LogP contribution in [0.4, 0.5) is 10.2 Å². The van der Waals surface area contributed by atoms with Crippen LogP contribution in [0.1, 0.15) is 11.3 Å². The summed E-state index contributed by atoms with van der Waals surface area (Å²) in [6.45, 7) is 3.90. The largest absolute Gasteiger partial charge is 0.383 e. The van der Waals surface area contributed by atoms with E-state index < -0.39 is 0 Å². The number of nitrogens with zero attached hydrogens (tertiary/aromatic N) is 1. The first-order chi connectivity index (χ1) is 7.58. The number of nitrogen functional groups attached to an aromatic ring is 1. The number of benzene rings is 1. The number of aryl methyl sites for hydroxylation is 2. The molecule has 16 heavy (non-hydrogen) atoms. The zero-order chi connectivity index (χ0) is 11.7. The summed E-state index contributed by atoms with van der Waals surface area (Å²) >= 11 is 0. The van der Waals surface area contributed by atoms with Gasteiger partial charge < -0.3 is 5.73 Å². The summed E-state index contributed by atoms with van der Waals surface area (Å²) in [6, 6.07) is 8.23. The van der Waals surface area contributed by atoms with E-state index in [9.17, 15) is 4.39 Å². The van der Waals surface area contributed by atoms with E-state index in [1.807, 2.05) is 19.9 Å². The maximum atomic E-state index is 12.8. The molecule has 1 aromatic heterocycles. The second-order valence-electron chi connectivity index (χ2n) is 3.83. The molecule has 0 aliphatic rings. The summed E-state index contributed by atoms with van der Waals surface area (Å²) in [5, 5.41) is 0. The Bertz CT molecular complexity index is 518. The third-order valence-electron chi connectivity index (χ3n) is 2.65. The standard InChI is InChI=1S/C13H13FN2/c1-8-7-12(13(15)16-9(8)2)10-3-5-11(14)6-4-10/h3-7H,1-2H3,(H2,15,16). The lowest BCUT2D eigenvalue weighted by molar-refractivity contribution is 0.628. The first-order valence-corrected chi connectivity index (χ1v) is 5.07. The lowest BCUT2D eigenvalue weighted by atomic mass is 10.0. The number of anilines is 1. The third-order valence-corrected chi connectivity index (χ3v) is 2.65. The van der Waals surface area contributed by atoms with Gasteiger partial charge in [0.2, 0.25) is 0 Å². The van der Waals surface area contributed by atoms with E-state index in [1.54, 1.807) is 12.1 Å². The summed E-state index contributed by atoms with van der Waals surface area (Å²) in [6.07, 6.45) is 0. The molecule has 82 valence electrons. The highest BCUT2D eigenvalue weighted by Gasteiger charge is 2.06. The number of pyridine rings is 1. The minimum Gasteiger partial charge on any atom is -0.383 e. The van der Waals surface area contributed by atoms with Crippen LogP contribution >= 0.6 is 0 Å². The molecule has 0 amide bonds. The predicted molar refractivity (Wildman–Crippen MR) is 63.5 cm³/mol. The lowest BCUT2D eigenvalue weighted by Crippen LogP contribution is -1.98. The minimum atomic E-state index is -0.251. The Morgan fingerprint density at radius 2 is 1.75 bits per heavy atom. The van der Waals surface area contributed by atoms with Crippen molar-refractivity contribution in [3.8, 4) is 11.1 Å². The molecule has 0 unspecified atom stereocenters. The van der Waals surface area contributed by atoms with Gasteiger partial charge in [0.15, 0.2) is 0 Å². The van der Waals surface area contributed by atoms with E-state index >= 15 is 0 Å². The first-order valence-electron chi connectivity index (χ1n) is 5.07. The van der Waals surface area contributed by atoms with Crippen LogP contribution in [0.2, 0.25) is 0 Å². The summed E-state index contributed by atoms with van der Waals surface area (Å²) in [4.78, 5) is 4.26. The Hall–Kier alpha value is -1.90. The van der Waals surface area contributed by atoms with Gasteiger partial charge in [-0.15, -0.1) is 0 Å².